The minimum absolute atomic E-state index is 0.0706. The van der Waals surface area contributed by atoms with Crippen molar-refractivity contribution in [2.75, 3.05) is 12.4 Å². The summed E-state index contributed by atoms with van der Waals surface area (Å²) in [5.74, 6) is 0.0706. The standard InChI is InChI=1S/C17H17BrN2O/c1-10-3-4-12(8-14(10)18)17(19-2)11-5-6-15-13(7-11)9-16(21)20-15/h3-8,17,19H,9H2,1-2H3,(H,20,21). The molecule has 3 rings (SSSR count). The third-order valence-corrected chi connectivity index (χ3v) is 4.76. The number of fused-ring (bicyclic) bond motifs is 1. The van der Waals surface area contributed by atoms with Crippen molar-refractivity contribution in [2.45, 2.75) is 19.4 Å². The lowest BCUT2D eigenvalue weighted by atomic mass is 9.96. The van der Waals surface area contributed by atoms with Crippen LogP contribution >= 0.6 is 15.9 Å². The van der Waals surface area contributed by atoms with E-state index in [2.05, 4.69) is 63.8 Å². The average molecular weight is 345 g/mol. The van der Waals surface area contributed by atoms with Gasteiger partial charge in [-0.2, -0.15) is 0 Å². The van der Waals surface area contributed by atoms with Crippen LogP contribution in [0.1, 0.15) is 28.3 Å². The molecule has 1 aliphatic heterocycles. The molecule has 1 unspecified atom stereocenters. The molecule has 0 spiro atoms. The first-order valence-electron chi connectivity index (χ1n) is 6.94. The van der Waals surface area contributed by atoms with E-state index in [4.69, 9.17) is 0 Å². The zero-order chi connectivity index (χ0) is 15.0. The second-order valence-electron chi connectivity index (χ2n) is 5.37. The molecular formula is C17H17BrN2O. The molecule has 1 atom stereocenters. The molecule has 1 amide bonds. The molecule has 21 heavy (non-hydrogen) atoms. The van der Waals surface area contributed by atoms with Crippen LogP contribution in [0.15, 0.2) is 40.9 Å². The van der Waals surface area contributed by atoms with Gasteiger partial charge in [0.1, 0.15) is 0 Å². The molecule has 3 nitrogen and oxygen atoms in total. The van der Waals surface area contributed by atoms with E-state index in [9.17, 15) is 4.79 Å². The minimum atomic E-state index is 0.0706. The summed E-state index contributed by atoms with van der Waals surface area (Å²) in [5, 5.41) is 6.23. The van der Waals surface area contributed by atoms with Gasteiger partial charge in [-0.3, -0.25) is 4.79 Å². The molecule has 0 radical (unpaired) electrons. The van der Waals surface area contributed by atoms with Gasteiger partial charge in [-0.05, 0) is 48.4 Å². The van der Waals surface area contributed by atoms with Crippen molar-refractivity contribution in [3.05, 3.63) is 63.1 Å². The zero-order valence-corrected chi connectivity index (χ0v) is 13.6. The largest absolute Gasteiger partial charge is 0.326 e. The molecule has 0 saturated heterocycles. The molecule has 0 bridgehead atoms. The van der Waals surface area contributed by atoms with E-state index in [1.54, 1.807) is 0 Å². The fourth-order valence-corrected chi connectivity index (χ4v) is 3.14. The molecule has 108 valence electrons. The maximum Gasteiger partial charge on any atom is 0.228 e. The van der Waals surface area contributed by atoms with E-state index < -0.39 is 0 Å². The third kappa shape index (κ3) is 2.74. The summed E-state index contributed by atoms with van der Waals surface area (Å²) in [6.07, 6.45) is 0.469. The zero-order valence-electron chi connectivity index (χ0n) is 12.0. The Hall–Kier alpha value is -1.65. The van der Waals surface area contributed by atoms with Crippen molar-refractivity contribution in [3.8, 4) is 0 Å². The summed E-state index contributed by atoms with van der Waals surface area (Å²) in [6.45, 7) is 2.08. The van der Waals surface area contributed by atoms with E-state index in [-0.39, 0.29) is 11.9 Å². The second-order valence-corrected chi connectivity index (χ2v) is 6.23. The number of benzene rings is 2. The number of anilines is 1. The van der Waals surface area contributed by atoms with Gasteiger partial charge in [0.15, 0.2) is 0 Å². The Labute approximate surface area is 132 Å². The van der Waals surface area contributed by atoms with Gasteiger partial charge in [-0.25, -0.2) is 0 Å². The lowest BCUT2D eigenvalue weighted by molar-refractivity contribution is -0.115. The fraction of sp³-hybridized carbons (Fsp3) is 0.235. The topological polar surface area (TPSA) is 41.1 Å². The smallest absolute Gasteiger partial charge is 0.228 e. The van der Waals surface area contributed by atoms with Gasteiger partial charge in [0.05, 0.1) is 12.5 Å². The van der Waals surface area contributed by atoms with Crippen LogP contribution in [0.2, 0.25) is 0 Å². The highest BCUT2D eigenvalue weighted by Gasteiger charge is 2.20. The quantitative estimate of drug-likeness (QED) is 0.893. The van der Waals surface area contributed by atoms with E-state index in [0.717, 1.165) is 15.7 Å². The number of nitrogens with one attached hydrogen (secondary N) is 2. The highest BCUT2D eigenvalue weighted by molar-refractivity contribution is 9.10. The number of aryl methyl sites for hydroxylation is 1. The predicted octanol–water partition coefficient (Wildman–Crippen LogP) is 3.56. The van der Waals surface area contributed by atoms with Gasteiger partial charge in [-0.1, -0.05) is 40.2 Å². The van der Waals surface area contributed by atoms with Crippen LogP contribution in [-0.4, -0.2) is 13.0 Å². The lowest BCUT2D eigenvalue weighted by Gasteiger charge is -2.19. The monoisotopic (exact) mass is 344 g/mol. The molecule has 2 aromatic rings. The Kier molecular flexibility index (Phi) is 3.83. The van der Waals surface area contributed by atoms with E-state index >= 15 is 0 Å². The maximum atomic E-state index is 11.5. The van der Waals surface area contributed by atoms with Crippen LogP contribution in [0, 0.1) is 6.92 Å². The number of halogens is 1. The first-order valence-corrected chi connectivity index (χ1v) is 7.74. The normalized spacial score (nSPS) is 14.7. The van der Waals surface area contributed by atoms with Crippen molar-refractivity contribution in [3.63, 3.8) is 0 Å². The van der Waals surface area contributed by atoms with Gasteiger partial charge in [0, 0.05) is 10.2 Å². The SMILES string of the molecule is CNC(c1ccc(C)c(Br)c1)c1ccc2c(c1)CC(=O)N2. The predicted molar refractivity (Wildman–Crippen MR) is 88.6 cm³/mol. The van der Waals surface area contributed by atoms with Gasteiger partial charge < -0.3 is 10.6 Å². The second kappa shape index (κ2) is 5.62. The highest BCUT2D eigenvalue weighted by atomic mass is 79.9. The molecule has 1 aliphatic rings. The molecule has 1 heterocycles. The number of amides is 1. The van der Waals surface area contributed by atoms with E-state index in [0.29, 0.717) is 6.42 Å². The van der Waals surface area contributed by atoms with Crippen LogP contribution in [-0.2, 0) is 11.2 Å². The Bertz CT molecular complexity index is 712. The van der Waals surface area contributed by atoms with Crippen molar-refractivity contribution in [1.82, 2.24) is 5.32 Å². The Morgan fingerprint density at radius 3 is 2.62 bits per heavy atom. The van der Waals surface area contributed by atoms with Crippen molar-refractivity contribution >= 4 is 27.5 Å². The van der Waals surface area contributed by atoms with Crippen LogP contribution in [0.3, 0.4) is 0 Å². The van der Waals surface area contributed by atoms with Crippen LogP contribution < -0.4 is 10.6 Å². The lowest BCUT2D eigenvalue weighted by Crippen LogP contribution is -2.17. The molecule has 2 N–H and O–H groups in total. The van der Waals surface area contributed by atoms with Crippen molar-refractivity contribution in [2.24, 2.45) is 0 Å². The van der Waals surface area contributed by atoms with Crippen molar-refractivity contribution in [1.29, 1.82) is 0 Å². The number of carbonyl (C=O) groups is 1. The molecule has 0 aliphatic carbocycles. The average Bonchev–Trinajstić information content (AvgIpc) is 2.83. The first-order chi connectivity index (χ1) is 10.1. The first kappa shape index (κ1) is 14.3. The minimum Gasteiger partial charge on any atom is -0.326 e. The number of carbonyl (C=O) groups excluding carboxylic acids is 1. The van der Waals surface area contributed by atoms with Crippen LogP contribution in [0.4, 0.5) is 5.69 Å². The van der Waals surface area contributed by atoms with Crippen LogP contribution in [0.5, 0.6) is 0 Å². The third-order valence-electron chi connectivity index (χ3n) is 3.91. The van der Waals surface area contributed by atoms with Gasteiger partial charge in [0.25, 0.3) is 0 Å². The summed E-state index contributed by atoms with van der Waals surface area (Å²) in [6, 6.07) is 12.7. The van der Waals surface area contributed by atoms with E-state index in [1.165, 1.54) is 16.7 Å². The molecule has 4 heteroatoms. The number of hydrogen-bond donors (Lipinski definition) is 2. The van der Waals surface area contributed by atoms with Gasteiger partial charge >= 0.3 is 0 Å². The van der Waals surface area contributed by atoms with Gasteiger partial charge in [0.2, 0.25) is 5.91 Å². The molecule has 0 fully saturated rings. The summed E-state index contributed by atoms with van der Waals surface area (Å²) in [7, 11) is 1.95. The Morgan fingerprint density at radius 2 is 1.90 bits per heavy atom. The molecule has 0 aromatic heterocycles. The van der Waals surface area contributed by atoms with Crippen LogP contribution in [0.25, 0.3) is 0 Å². The Balaban J connectivity index is 1.98. The summed E-state index contributed by atoms with van der Waals surface area (Å²) in [5.41, 5.74) is 5.60. The summed E-state index contributed by atoms with van der Waals surface area (Å²) in [4.78, 5) is 11.5. The maximum absolute atomic E-state index is 11.5. The summed E-state index contributed by atoms with van der Waals surface area (Å²) >= 11 is 3.59. The number of rotatable bonds is 3. The molecule has 0 saturated carbocycles. The van der Waals surface area contributed by atoms with E-state index in [1.807, 2.05) is 13.1 Å². The molecular weight excluding hydrogens is 328 g/mol. The fourth-order valence-electron chi connectivity index (χ4n) is 2.74. The summed E-state index contributed by atoms with van der Waals surface area (Å²) < 4.78 is 1.11. The van der Waals surface area contributed by atoms with Gasteiger partial charge in [-0.15, -0.1) is 0 Å². The Morgan fingerprint density at radius 1 is 1.19 bits per heavy atom. The highest BCUT2D eigenvalue weighted by Crippen LogP contribution is 2.30. The molecule has 2 aromatic carbocycles. The number of hydrogen-bond acceptors (Lipinski definition) is 2. The van der Waals surface area contributed by atoms with Crippen molar-refractivity contribution < 1.29 is 4.79 Å².